The first-order valence-electron chi connectivity index (χ1n) is 7.03. The number of hydrogen-bond donors (Lipinski definition) is 3. The third-order valence-corrected chi connectivity index (χ3v) is 3.69. The van der Waals surface area contributed by atoms with Crippen molar-refractivity contribution in [2.75, 3.05) is 12.0 Å². The van der Waals surface area contributed by atoms with Crippen molar-refractivity contribution < 1.29 is 9.90 Å². The summed E-state index contributed by atoms with van der Waals surface area (Å²) in [6, 6.07) is 13.4. The van der Waals surface area contributed by atoms with Gasteiger partial charge in [-0.1, -0.05) is 35.9 Å². The molecule has 0 aliphatic heterocycles. The molecular formula is C16H15ClN4O2. The molecule has 1 aromatic heterocycles. The minimum Gasteiger partial charge on any atom is -0.394 e. The molecule has 1 atom stereocenters. The largest absolute Gasteiger partial charge is 0.394 e. The van der Waals surface area contributed by atoms with Gasteiger partial charge in [-0.2, -0.15) is 0 Å². The molecule has 0 radical (unpaired) electrons. The number of nitrogens with one attached hydrogen (secondary N) is 2. The second-order valence-electron chi connectivity index (χ2n) is 4.98. The van der Waals surface area contributed by atoms with E-state index in [0.29, 0.717) is 5.02 Å². The third-order valence-electron chi connectivity index (χ3n) is 3.44. The van der Waals surface area contributed by atoms with Crippen molar-refractivity contribution >= 4 is 28.7 Å². The van der Waals surface area contributed by atoms with Gasteiger partial charge in [0.1, 0.15) is 6.33 Å². The Morgan fingerprint density at radius 2 is 1.96 bits per heavy atom. The number of carbonyl (C=O) groups is 1. The Hall–Kier alpha value is -2.57. The monoisotopic (exact) mass is 330 g/mol. The van der Waals surface area contributed by atoms with Gasteiger partial charge in [-0.05, 0) is 29.8 Å². The van der Waals surface area contributed by atoms with Gasteiger partial charge in [-0.25, -0.2) is 19.9 Å². The lowest BCUT2D eigenvalue weighted by atomic mass is 10.1. The minimum atomic E-state index is -0.526. The van der Waals surface area contributed by atoms with Gasteiger partial charge in [-0.15, -0.1) is 0 Å². The minimum absolute atomic E-state index is 0.222. The van der Waals surface area contributed by atoms with Gasteiger partial charge in [0.15, 0.2) is 0 Å². The Labute approximate surface area is 137 Å². The number of aliphatic hydroxyl groups excluding tert-OH is 1. The van der Waals surface area contributed by atoms with E-state index >= 15 is 0 Å². The van der Waals surface area contributed by atoms with Crippen molar-refractivity contribution in [3.63, 3.8) is 0 Å². The summed E-state index contributed by atoms with van der Waals surface area (Å²) in [7, 11) is 0. The fraction of sp³-hybridized carbons (Fsp3) is 0.125. The highest BCUT2D eigenvalue weighted by atomic mass is 35.5. The molecule has 0 fully saturated rings. The highest BCUT2D eigenvalue weighted by Gasteiger charge is 2.14. The molecule has 0 saturated heterocycles. The zero-order valence-electron chi connectivity index (χ0n) is 12.1. The molecule has 0 aliphatic rings. The highest BCUT2D eigenvalue weighted by Crippen LogP contribution is 2.16. The van der Waals surface area contributed by atoms with Crippen LogP contribution in [-0.2, 0) is 0 Å². The molecule has 2 amide bonds. The predicted molar refractivity (Wildman–Crippen MR) is 88.9 cm³/mol. The number of aliphatic hydroxyl groups is 1. The van der Waals surface area contributed by atoms with Gasteiger partial charge < -0.3 is 10.4 Å². The number of rotatable bonds is 4. The van der Waals surface area contributed by atoms with E-state index in [9.17, 15) is 9.90 Å². The van der Waals surface area contributed by atoms with E-state index in [1.54, 1.807) is 24.3 Å². The van der Waals surface area contributed by atoms with Crippen LogP contribution >= 0.6 is 11.6 Å². The van der Waals surface area contributed by atoms with E-state index in [0.717, 1.165) is 16.6 Å². The van der Waals surface area contributed by atoms with Crippen molar-refractivity contribution in [1.82, 2.24) is 15.0 Å². The third kappa shape index (κ3) is 3.44. The Balaban J connectivity index is 1.71. The second-order valence-corrected chi connectivity index (χ2v) is 5.41. The Bertz CT molecular complexity index is 816. The van der Waals surface area contributed by atoms with Crippen molar-refractivity contribution in [3.8, 4) is 0 Å². The fourth-order valence-corrected chi connectivity index (χ4v) is 2.40. The van der Waals surface area contributed by atoms with Crippen LogP contribution in [0.1, 0.15) is 11.6 Å². The molecular weight excluding hydrogens is 316 g/mol. The van der Waals surface area contributed by atoms with Gasteiger partial charge in [0.05, 0.1) is 23.7 Å². The lowest BCUT2D eigenvalue weighted by molar-refractivity contribution is 0.223. The van der Waals surface area contributed by atoms with E-state index in [1.165, 1.54) is 11.0 Å². The van der Waals surface area contributed by atoms with E-state index in [-0.39, 0.29) is 6.61 Å². The molecule has 3 rings (SSSR count). The molecule has 0 spiro atoms. The van der Waals surface area contributed by atoms with Gasteiger partial charge in [-0.3, -0.25) is 0 Å². The van der Waals surface area contributed by atoms with Gasteiger partial charge in [0.2, 0.25) is 0 Å². The normalized spacial score (nSPS) is 12.1. The van der Waals surface area contributed by atoms with Crippen LogP contribution in [-0.4, -0.2) is 27.4 Å². The maximum absolute atomic E-state index is 12.2. The Kier molecular flexibility index (Phi) is 4.45. The molecule has 0 bridgehead atoms. The average Bonchev–Trinajstić information content (AvgIpc) is 2.97. The summed E-state index contributed by atoms with van der Waals surface area (Å²) >= 11 is 5.84. The number of halogens is 1. The molecule has 3 aromatic rings. The van der Waals surface area contributed by atoms with Crippen molar-refractivity contribution in [2.45, 2.75) is 6.04 Å². The molecule has 0 saturated carbocycles. The summed E-state index contributed by atoms with van der Waals surface area (Å²) < 4.78 is 1.53. The number of nitrogens with zero attached hydrogens (tertiary/aromatic N) is 2. The standard InChI is InChI=1S/C16H15ClN4O2/c17-12-7-5-11(6-8-12)14(9-22)19-16(23)20-21-10-18-13-3-1-2-4-15(13)21/h1-8,10,14,22H,9H2,(H2,19,20,23). The lowest BCUT2D eigenvalue weighted by Crippen LogP contribution is -2.37. The highest BCUT2D eigenvalue weighted by molar-refractivity contribution is 6.30. The van der Waals surface area contributed by atoms with Crippen LogP contribution in [0.3, 0.4) is 0 Å². The van der Waals surface area contributed by atoms with E-state index in [4.69, 9.17) is 11.6 Å². The number of carbonyl (C=O) groups excluding carboxylic acids is 1. The maximum atomic E-state index is 12.2. The number of imidazole rings is 1. The molecule has 2 aromatic carbocycles. The summed E-state index contributed by atoms with van der Waals surface area (Å²) in [6.45, 7) is -0.222. The zero-order chi connectivity index (χ0) is 16.2. The van der Waals surface area contributed by atoms with Gasteiger partial charge in [0, 0.05) is 5.02 Å². The van der Waals surface area contributed by atoms with Crippen LogP contribution in [0.5, 0.6) is 0 Å². The van der Waals surface area contributed by atoms with Crippen LogP contribution in [0.4, 0.5) is 4.79 Å². The molecule has 7 heteroatoms. The smallest absolute Gasteiger partial charge is 0.334 e. The number of amides is 2. The summed E-state index contributed by atoms with van der Waals surface area (Å²) in [5, 5.41) is 12.8. The topological polar surface area (TPSA) is 79.2 Å². The molecule has 0 aliphatic carbocycles. The number of urea groups is 1. The number of aromatic nitrogens is 2. The molecule has 1 unspecified atom stereocenters. The van der Waals surface area contributed by atoms with E-state index in [2.05, 4.69) is 15.7 Å². The van der Waals surface area contributed by atoms with Crippen molar-refractivity contribution in [3.05, 3.63) is 65.4 Å². The molecule has 3 N–H and O–H groups in total. The van der Waals surface area contributed by atoms with Crippen LogP contribution in [0.15, 0.2) is 54.9 Å². The van der Waals surface area contributed by atoms with Crippen LogP contribution in [0.25, 0.3) is 11.0 Å². The van der Waals surface area contributed by atoms with E-state index < -0.39 is 12.1 Å². The maximum Gasteiger partial charge on any atom is 0.334 e. The Morgan fingerprint density at radius 3 is 2.70 bits per heavy atom. The van der Waals surface area contributed by atoms with Crippen LogP contribution in [0, 0.1) is 0 Å². The van der Waals surface area contributed by atoms with Gasteiger partial charge >= 0.3 is 6.03 Å². The number of fused-ring (bicyclic) bond motifs is 1. The zero-order valence-corrected chi connectivity index (χ0v) is 12.9. The van der Waals surface area contributed by atoms with Crippen molar-refractivity contribution in [1.29, 1.82) is 0 Å². The summed E-state index contributed by atoms with van der Waals surface area (Å²) in [4.78, 5) is 16.4. The quantitative estimate of drug-likeness (QED) is 0.688. The first-order valence-corrected chi connectivity index (χ1v) is 7.41. The van der Waals surface area contributed by atoms with Crippen molar-refractivity contribution in [2.24, 2.45) is 0 Å². The SMILES string of the molecule is O=C(NC(CO)c1ccc(Cl)cc1)Nn1cnc2ccccc21. The second kappa shape index (κ2) is 6.68. The fourth-order valence-electron chi connectivity index (χ4n) is 2.28. The van der Waals surface area contributed by atoms with Crippen LogP contribution < -0.4 is 10.7 Å². The molecule has 1 heterocycles. The molecule has 6 nitrogen and oxygen atoms in total. The predicted octanol–water partition coefficient (Wildman–Crippen LogP) is 2.68. The molecule has 118 valence electrons. The van der Waals surface area contributed by atoms with Crippen LogP contribution in [0.2, 0.25) is 5.02 Å². The first-order chi connectivity index (χ1) is 11.2. The Morgan fingerprint density at radius 1 is 1.22 bits per heavy atom. The summed E-state index contributed by atoms with van der Waals surface area (Å²) in [5.74, 6) is 0. The number of benzene rings is 2. The van der Waals surface area contributed by atoms with E-state index in [1.807, 2.05) is 24.3 Å². The summed E-state index contributed by atoms with van der Waals surface area (Å²) in [6.07, 6.45) is 1.53. The number of para-hydroxylation sites is 2. The summed E-state index contributed by atoms with van der Waals surface area (Å²) in [5.41, 5.74) is 5.01. The average molecular weight is 331 g/mol. The lowest BCUT2D eigenvalue weighted by Gasteiger charge is -2.17. The molecule has 23 heavy (non-hydrogen) atoms. The first kappa shape index (κ1) is 15.3. The number of hydrogen-bond acceptors (Lipinski definition) is 3. The van der Waals surface area contributed by atoms with Gasteiger partial charge in [0.25, 0.3) is 0 Å².